The summed E-state index contributed by atoms with van der Waals surface area (Å²) in [5, 5.41) is 2.96. The molecular formula is C23H35NO5. The summed E-state index contributed by atoms with van der Waals surface area (Å²) in [6.07, 6.45) is 4.26. The van der Waals surface area contributed by atoms with E-state index in [0.717, 1.165) is 19.3 Å². The van der Waals surface area contributed by atoms with Gasteiger partial charge in [-0.3, -0.25) is 4.79 Å². The molecule has 1 aromatic carbocycles. The Morgan fingerprint density at radius 2 is 2.00 bits per heavy atom. The summed E-state index contributed by atoms with van der Waals surface area (Å²) >= 11 is 0. The molecule has 0 heterocycles. The first-order valence-electron chi connectivity index (χ1n) is 10.8. The quantitative estimate of drug-likeness (QED) is 0.588. The number of hydrogen-bond donors (Lipinski definition) is 1. The third-order valence-corrected chi connectivity index (χ3v) is 5.43. The van der Waals surface area contributed by atoms with E-state index >= 15 is 0 Å². The van der Waals surface area contributed by atoms with Crippen LogP contribution in [0.5, 0.6) is 5.75 Å². The molecule has 1 fully saturated rings. The second kappa shape index (κ2) is 10.6. The predicted octanol–water partition coefficient (Wildman–Crippen LogP) is 4.96. The summed E-state index contributed by atoms with van der Waals surface area (Å²) in [5.41, 5.74) is 0.0295. The summed E-state index contributed by atoms with van der Waals surface area (Å²) in [6.45, 7) is 10.5. The van der Waals surface area contributed by atoms with Crippen molar-refractivity contribution in [3.8, 4) is 5.75 Å². The Balaban J connectivity index is 2.27. The van der Waals surface area contributed by atoms with Crippen molar-refractivity contribution >= 4 is 17.6 Å². The first kappa shape index (κ1) is 23.2. The standard InChI is InChI=1S/C23H35NO5/c1-6-17(5)29-20-12-11-18(14-19(20)21(25)27-7-2)24-22(26)23(28-8-3)13-9-10-16(4)15-23/h11-12,14,16-17H,6-10,13,15H2,1-5H3,(H,24,26)/t16-,17+,23+/m1/s1. The van der Waals surface area contributed by atoms with Gasteiger partial charge in [0.25, 0.3) is 5.91 Å². The number of carbonyl (C=O) groups is 2. The number of benzene rings is 1. The van der Waals surface area contributed by atoms with E-state index in [1.807, 2.05) is 20.8 Å². The molecule has 0 bridgehead atoms. The Hall–Kier alpha value is -2.08. The third kappa shape index (κ3) is 5.95. The molecule has 0 radical (unpaired) electrons. The molecule has 1 saturated carbocycles. The van der Waals surface area contributed by atoms with Crippen LogP contribution in [0.25, 0.3) is 0 Å². The molecule has 0 aliphatic heterocycles. The van der Waals surface area contributed by atoms with Crippen molar-refractivity contribution in [3.63, 3.8) is 0 Å². The third-order valence-electron chi connectivity index (χ3n) is 5.43. The summed E-state index contributed by atoms with van der Waals surface area (Å²) in [6, 6.07) is 5.09. The minimum absolute atomic E-state index is 0.0337. The Bertz CT molecular complexity index is 701. The Kier molecular flexibility index (Phi) is 8.50. The van der Waals surface area contributed by atoms with E-state index in [1.54, 1.807) is 25.1 Å². The molecule has 0 unspecified atom stereocenters. The molecular weight excluding hydrogens is 370 g/mol. The molecule has 1 aliphatic carbocycles. The Morgan fingerprint density at radius 3 is 2.62 bits per heavy atom. The maximum Gasteiger partial charge on any atom is 0.341 e. The van der Waals surface area contributed by atoms with Crippen LogP contribution >= 0.6 is 0 Å². The van der Waals surface area contributed by atoms with E-state index in [1.165, 1.54) is 0 Å². The van der Waals surface area contributed by atoms with Gasteiger partial charge in [-0.2, -0.15) is 0 Å². The minimum Gasteiger partial charge on any atom is -0.490 e. The van der Waals surface area contributed by atoms with Crippen molar-refractivity contribution in [1.29, 1.82) is 0 Å². The molecule has 0 aromatic heterocycles. The first-order valence-corrected chi connectivity index (χ1v) is 10.8. The van der Waals surface area contributed by atoms with Gasteiger partial charge in [-0.25, -0.2) is 4.79 Å². The highest BCUT2D eigenvalue weighted by Gasteiger charge is 2.42. The largest absolute Gasteiger partial charge is 0.490 e. The maximum atomic E-state index is 13.2. The van der Waals surface area contributed by atoms with E-state index in [2.05, 4.69) is 12.2 Å². The van der Waals surface area contributed by atoms with Gasteiger partial charge in [-0.15, -0.1) is 0 Å². The topological polar surface area (TPSA) is 73.9 Å². The number of rotatable bonds is 9. The lowest BCUT2D eigenvalue weighted by Gasteiger charge is -2.38. The van der Waals surface area contributed by atoms with Gasteiger partial charge in [-0.1, -0.05) is 20.3 Å². The molecule has 1 N–H and O–H groups in total. The number of anilines is 1. The van der Waals surface area contributed by atoms with Crippen molar-refractivity contribution in [1.82, 2.24) is 0 Å². The smallest absolute Gasteiger partial charge is 0.341 e. The van der Waals surface area contributed by atoms with Crippen LogP contribution < -0.4 is 10.1 Å². The van der Waals surface area contributed by atoms with Crippen molar-refractivity contribution in [2.45, 2.75) is 78.4 Å². The van der Waals surface area contributed by atoms with Gasteiger partial charge in [0, 0.05) is 12.3 Å². The van der Waals surface area contributed by atoms with Crippen molar-refractivity contribution in [2.24, 2.45) is 5.92 Å². The molecule has 1 aliphatic rings. The van der Waals surface area contributed by atoms with Crippen LogP contribution in [0.3, 0.4) is 0 Å². The van der Waals surface area contributed by atoms with E-state index in [9.17, 15) is 9.59 Å². The average molecular weight is 406 g/mol. The number of amides is 1. The van der Waals surface area contributed by atoms with Gasteiger partial charge in [0.2, 0.25) is 0 Å². The fourth-order valence-corrected chi connectivity index (χ4v) is 3.81. The number of hydrogen-bond acceptors (Lipinski definition) is 5. The van der Waals surface area contributed by atoms with E-state index < -0.39 is 11.6 Å². The van der Waals surface area contributed by atoms with Gasteiger partial charge < -0.3 is 19.5 Å². The molecule has 3 atom stereocenters. The van der Waals surface area contributed by atoms with Crippen LogP contribution in [0, 0.1) is 5.92 Å². The van der Waals surface area contributed by atoms with Crippen LogP contribution in [0.1, 0.15) is 77.1 Å². The average Bonchev–Trinajstić information content (AvgIpc) is 2.69. The van der Waals surface area contributed by atoms with Crippen molar-refractivity contribution in [3.05, 3.63) is 23.8 Å². The molecule has 29 heavy (non-hydrogen) atoms. The number of ether oxygens (including phenoxy) is 3. The lowest BCUT2D eigenvalue weighted by molar-refractivity contribution is -0.147. The van der Waals surface area contributed by atoms with Gasteiger partial charge >= 0.3 is 5.97 Å². The highest BCUT2D eigenvalue weighted by atomic mass is 16.5. The molecule has 1 amide bonds. The second-order valence-corrected chi connectivity index (χ2v) is 7.85. The molecule has 162 valence electrons. The highest BCUT2D eigenvalue weighted by Crippen LogP contribution is 2.36. The summed E-state index contributed by atoms with van der Waals surface area (Å²) in [4.78, 5) is 25.6. The van der Waals surface area contributed by atoms with Crippen molar-refractivity contribution in [2.75, 3.05) is 18.5 Å². The second-order valence-electron chi connectivity index (χ2n) is 7.85. The minimum atomic E-state index is -0.817. The van der Waals surface area contributed by atoms with Gasteiger partial charge in [0.05, 0.1) is 12.7 Å². The van der Waals surface area contributed by atoms with Crippen LogP contribution in [-0.4, -0.2) is 36.8 Å². The normalized spacial score (nSPS) is 22.6. The summed E-state index contributed by atoms with van der Waals surface area (Å²) in [7, 11) is 0. The zero-order valence-corrected chi connectivity index (χ0v) is 18.4. The number of carbonyl (C=O) groups excluding carboxylic acids is 2. The fraction of sp³-hybridized carbons (Fsp3) is 0.652. The van der Waals surface area contributed by atoms with Crippen LogP contribution in [0.15, 0.2) is 18.2 Å². The number of nitrogens with one attached hydrogen (secondary N) is 1. The Morgan fingerprint density at radius 1 is 1.24 bits per heavy atom. The lowest BCUT2D eigenvalue weighted by atomic mass is 9.78. The molecule has 6 nitrogen and oxygen atoms in total. The molecule has 0 saturated heterocycles. The zero-order valence-electron chi connectivity index (χ0n) is 18.4. The first-order chi connectivity index (χ1) is 13.8. The maximum absolute atomic E-state index is 13.2. The van der Waals surface area contributed by atoms with Gasteiger partial charge in [0.15, 0.2) is 0 Å². The molecule has 2 rings (SSSR count). The predicted molar refractivity (Wildman–Crippen MR) is 113 cm³/mol. The van der Waals surface area contributed by atoms with E-state index in [4.69, 9.17) is 14.2 Å². The van der Waals surface area contributed by atoms with Crippen LogP contribution in [0.4, 0.5) is 5.69 Å². The molecule has 1 aromatic rings. The van der Waals surface area contributed by atoms with Gasteiger partial charge in [-0.05, 0) is 70.6 Å². The Labute approximate surface area is 174 Å². The summed E-state index contributed by atoms with van der Waals surface area (Å²) in [5.74, 6) is 0.271. The molecule has 6 heteroatoms. The highest BCUT2D eigenvalue weighted by molar-refractivity contribution is 5.99. The fourth-order valence-electron chi connectivity index (χ4n) is 3.81. The van der Waals surface area contributed by atoms with E-state index in [-0.39, 0.29) is 18.6 Å². The monoisotopic (exact) mass is 405 g/mol. The van der Waals surface area contributed by atoms with Crippen molar-refractivity contribution < 1.29 is 23.8 Å². The lowest BCUT2D eigenvalue weighted by Crippen LogP contribution is -2.48. The van der Waals surface area contributed by atoms with E-state index in [0.29, 0.717) is 42.4 Å². The zero-order chi connectivity index (χ0) is 21.4. The molecule has 0 spiro atoms. The van der Waals surface area contributed by atoms with Crippen LogP contribution in [-0.2, 0) is 14.3 Å². The summed E-state index contributed by atoms with van der Waals surface area (Å²) < 4.78 is 17.0. The van der Waals surface area contributed by atoms with Crippen LogP contribution in [0.2, 0.25) is 0 Å². The SMILES string of the molecule is CCOC(=O)c1cc(NC(=O)[C@]2(OCC)CCC[C@@H](C)C2)ccc1O[C@@H](C)CC. The number of esters is 1. The van der Waals surface area contributed by atoms with Gasteiger partial charge in [0.1, 0.15) is 16.9 Å².